The summed E-state index contributed by atoms with van der Waals surface area (Å²) >= 11 is 1.48. The number of aryl methyl sites for hydroxylation is 1. The van der Waals surface area contributed by atoms with E-state index in [0.29, 0.717) is 12.1 Å². The largest absolute Gasteiger partial charge is 0.497 e. The van der Waals surface area contributed by atoms with Crippen LogP contribution in [0.25, 0.3) is 22.2 Å². The molecule has 1 heterocycles. The molecule has 28 heavy (non-hydrogen) atoms. The van der Waals surface area contributed by atoms with Crippen molar-refractivity contribution in [2.45, 2.75) is 18.4 Å². The average molecular weight is 404 g/mol. The SMILES string of the molecule is CCn1c(-c2ccc(SNCCO)cc2)c(C#N)c2ccc(OC)cc21.O.O. The molecule has 0 saturated heterocycles. The minimum absolute atomic E-state index is 0. The van der Waals surface area contributed by atoms with Crippen LogP contribution in [0.2, 0.25) is 0 Å². The molecule has 3 rings (SSSR count). The van der Waals surface area contributed by atoms with Gasteiger partial charge < -0.3 is 25.4 Å². The number of rotatable bonds is 7. The van der Waals surface area contributed by atoms with E-state index in [4.69, 9.17) is 9.84 Å². The van der Waals surface area contributed by atoms with Crippen LogP contribution in [0.5, 0.6) is 5.75 Å². The summed E-state index contributed by atoms with van der Waals surface area (Å²) in [6.07, 6.45) is 0. The Morgan fingerprint density at radius 2 is 1.89 bits per heavy atom. The molecule has 0 unspecified atom stereocenters. The number of aliphatic hydroxyl groups excluding tert-OH is 1. The topological polar surface area (TPSA) is 133 Å². The van der Waals surface area contributed by atoms with Gasteiger partial charge in [0, 0.05) is 29.4 Å². The Hall–Kier alpha value is -2.54. The van der Waals surface area contributed by atoms with E-state index in [1.807, 2.05) is 42.5 Å². The third kappa shape index (κ3) is 4.47. The summed E-state index contributed by atoms with van der Waals surface area (Å²) in [4.78, 5) is 1.06. The van der Waals surface area contributed by atoms with Crippen molar-refractivity contribution in [1.82, 2.24) is 9.29 Å². The molecule has 3 aromatic rings. The number of ether oxygens (including phenoxy) is 1. The smallest absolute Gasteiger partial charge is 0.120 e. The number of aliphatic hydroxyl groups is 1. The van der Waals surface area contributed by atoms with Gasteiger partial charge in [0.25, 0.3) is 0 Å². The zero-order valence-corrected chi connectivity index (χ0v) is 16.6. The first-order valence-electron chi connectivity index (χ1n) is 8.44. The number of benzene rings is 2. The maximum Gasteiger partial charge on any atom is 0.120 e. The monoisotopic (exact) mass is 403 g/mol. The first-order valence-corrected chi connectivity index (χ1v) is 9.26. The van der Waals surface area contributed by atoms with Gasteiger partial charge in [0.1, 0.15) is 11.8 Å². The molecule has 0 radical (unpaired) electrons. The summed E-state index contributed by atoms with van der Waals surface area (Å²) in [5.41, 5.74) is 3.62. The quantitative estimate of drug-likeness (QED) is 0.460. The second kappa shape index (κ2) is 10.7. The molecule has 0 fully saturated rings. The fourth-order valence-electron chi connectivity index (χ4n) is 3.06. The summed E-state index contributed by atoms with van der Waals surface area (Å²) in [7, 11) is 1.65. The Morgan fingerprint density at radius 3 is 2.46 bits per heavy atom. The van der Waals surface area contributed by atoms with Crippen LogP contribution in [0.3, 0.4) is 0 Å². The number of methoxy groups -OCH3 is 1. The number of nitriles is 1. The molecule has 0 atom stereocenters. The molecule has 8 heteroatoms. The van der Waals surface area contributed by atoms with Crippen LogP contribution in [0.4, 0.5) is 0 Å². The van der Waals surface area contributed by atoms with Gasteiger partial charge in [-0.2, -0.15) is 5.26 Å². The lowest BCUT2D eigenvalue weighted by Crippen LogP contribution is -2.08. The van der Waals surface area contributed by atoms with Crippen molar-refractivity contribution in [3.8, 4) is 23.1 Å². The van der Waals surface area contributed by atoms with Crippen molar-refractivity contribution < 1.29 is 20.8 Å². The highest BCUT2D eigenvalue weighted by molar-refractivity contribution is 7.97. The fraction of sp³-hybridized carbons (Fsp3) is 0.250. The van der Waals surface area contributed by atoms with E-state index in [2.05, 4.69) is 22.3 Å². The van der Waals surface area contributed by atoms with E-state index in [1.54, 1.807) is 7.11 Å². The van der Waals surface area contributed by atoms with Crippen LogP contribution < -0.4 is 9.46 Å². The third-order valence-corrected chi connectivity index (χ3v) is 5.09. The maximum atomic E-state index is 9.78. The predicted octanol–water partition coefficient (Wildman–Crippen LogP) is 2.15. The van der Waals surface area contributed by atoms with Gasteiger partial charge in [0.2, 0.25) is 0 Å². The maximum absolute atomic E-state index is 9.78. The van der Waals surface area contributed by atoms with Crippen molar-refractivity contribution >= 4 is 22.9 Å². The van der Waals surface area contributed by atoms with Crippen molar-refractivity contribution in [2.24, 2.45) is 0 Å². The average Bonchev–Trinajstić information content (AvgIpc) is 3.01. The molecule has 7 nitrogen and oxygen atoms in total. The molecule has 0 saturated carbocycles. The number of hydrogen-bond donors (Lipinski definition) is 2. The van der Waals surface area contributed by atoms with Crippen LogP contribution >= 0.6 is 11.9 Å². The zero-order chi connectivity index (χ0) is 18.5. The standard InChI is InChI=1S/C20H21N3O2S.2H2O/c1-3-23-19-12-15(25-2)6-9-17(19)18(13-21)20(23)14-4-7-16(8-5-14)26-22-10-11-24;;/h4-9,12,22,24H,3,10-11H2,1-2H3;2*1H2. The van der Waals surface area contributed by atoms with Crippen LogP contribution in [-0.4, -0.2) is 40.9 Å². The second-order valence-corrected chi connectivity index (χ2v) is 6.67. The van der Waals surface area contributed by atoms with Crippen LogP contribution in [0.1, 0.15) is 12.5 Å². The molecule has 0 aliphatic heterocycles. The van der Waals surface area contributed by atoms with Gasteiger partial charge in [0.05, 0.1) is 30.5 Å². The molecule has 2 aromatic carbocycles. The number of fused-ring (bicyclic) bond motifs is 1. The lowest BCUT2D eigenvalue weighted by Gasteiger charge is -2.10. The Morgan fingerprint density at radius 1 is 1.18 bits per heavy atom. The number of aromatic nitrogens is 1. The highest BCUT2D eigenvalue weighted by Crippen LogP contribution is 2.35. The van der Waals surface area contributed by atoms with Gasteiger partial charge in [-0.25, -0.2) is 0 Å². The van der Waals surface area contributed by atoms with Crippen LogP contribution in [0.15, 0.2) is 47.4 Å². The molecular formula is C20H25N3O4S. The fourth-order valence-corrected chi connectivity index (χ4v) is 3.69. The Labute approximate surface area is 168 Å². The van der Waals surface area contributed by atoms with Gasteiger partial charge >= 0.3 is 0 Å². The molecular weight excluding hydrogens is 378 g/mol. The number of nitrogens with one attached hydrogen (secondary N) is 1. The van der Waals surface area contributed by atoms with Crippen molar-refractivity contribution in [1.29, 1.82) is 5.26 Å². The van der Waals surface area contributed by atoms with Crippen molar-refractivity contribution in [3.05, 3.63) is 48.0 Å². The highest BCUT2D eigenvalue weighted by atomic mass is 32.2. The second-order valence-electron chi connectivity index (χ2n) is 5.71. The summed E-state index contributed by atoms with van der Waals surface area (Å²) in [6.45, 7) is 3.48. The minimum Gasteiger partial charge on any atom is -0.497 e. The Balaban J connectivity index is 0.00000196. The summed E-state index contributed by atoms with van der Waals surface area (Å²) in [5.74, 6) is 0.780. The normalized spacial score (nSPS) is 10.1. The molecule has 6 N–H and O–H groups in total. The zero-order valence-electron chi connectivity index (χ0n) is 15.8. The molecule has 0 aliphatic carbocycles. The first kappa shape index (κ1) is 23.5. The van der Waals surface area contributed by atoms with Crippen molar-refractivity contribution in [2.75, 3.05) is 20.3 Å². The van der Waals surface area contributed by atoms with Gasteiger partial charge in [-0.05, 0) is 48.7 Å². The number of nitrogens with zero attached hydrogens (tertiary/aromatic N) is 2. The molecule has 0 amide bonds. The molecule has 150 valence electrons. The van der Waals surface area contributed by atoms with E-state index in [0.717, 1.165) is 39.4 Å². The van der Waals surface area contributed by atoms with E-state index in [1.165, 1.54) is 11.9 Å². The summed E-state index contributed by atoms with van der Waals surface area (Å²) < 4.78 is 10.6. The molecule has 1 aromatic heterocycles. The Bertz CT molecular complexity index is 949. The van der Waals surface area contributed by atoms with E-state index in [-0.39, 0.29) is 17.6 Å². The van der Waals surface area contributed by atoms with E-state index >= 15 is 0 Å². The third-order valence-electron chi connectivity index (χ3n) is 4.23. The van der Waals surface area contributed by atoms with Crippen molar-refractivity contribution in [3.63, 3.8) is 0 Å². The van der Waals surface area contributed by atoms with Gasteiger partial charge in [-0.15, -0.1) is 0 Å². The summed E-state index contributed by atoms with van der Waals surface area (Å²) in [6, 6.07) is 16.3. The highest BCUT2D eigenvalue weighted by Gasteiger charge is 2.18. The van der Waals surface area contributed by atoms with Crippen LogP contribution in [0, 0.1) is 11.3 Å². The predicted molar refractivity (Wildman–Crippen MR) is 112 cm³/mol. The molecule has 0 bridgehead atoms. The lowest BCUT2D eigenvalue weighted by atomic mass is 10.1. The van der Waals surface area contributed by atoms with Gasteiger partial charge in [-0.1, -0.05) is 12.1 Å². The van der Waals surface area contributed by atoms with Gasteiger partial charge in [0.15, 0.2) is 0 Å². The summed E-state index contributed by atoms with van der Waals surface area (Å²) in [5, 5.41) is 19.6. The molecule has 0 aliphatic rings. The number of hydrogen-bond acceptors (Lipinski definition) is 5. The Kier molecular flexibility index (Phi) is 8.99. The first-order chi connectivity index (χ1) is 12.7. The molecule has 0 spiro atoms. The van der Waals surface area contributed by atoms with E-state index < -0.39 is 0 Å². The lowest BCUT2D eigenvalue weighted by molar-refractivity contribution is 0.302. The van der Waals surface area contributed by atoms with Gasteiger partial charge in [-0.3, -0.25) is 4.72 Å². The van der Waals surface area contributed by atoms with E-state index in [9.17, 15) is 5.26 Å². The minimum atomic E-state index is 0. The van der Waals surface area contributed by atoms with Crippen LogP contribution in [-0.2, 0) is 6.54 Å².